The van der Waals surface area contributed by atoms with Gasteiger partial charge in [-0.3, -0.25) is 4.79 Å². The van der Waals surface area contributed by atoms with Gasteiger partial charge in [0.05, 0.1) is 15.2 Å². The minimum atomic E-state index is -0.0226. The predicted molar refractivity (Wildman–Crippen MR) is 82.3 cm³/mol. The molecule has 0 spiro atoms. The molecule has 1 aliphatic rings. The average molecular weight is 360 g/mol. The second-order valence-electron chi connectivity index (χ2n) is 4.81. The van der Waals surface area contributed by atoms with E-state index >= 15 is 0 Å². The topological polar surface area (TPSA) is 42.0 Å². The molecule has 0 bridgehead atoms. The van der Waals surface area contributed by atoms with Crippen LogP contribution in [-0.4, -0.2) is 16.9 Å². The summed E-state index contributed by atoms with van der Waals surface area (Å²) >= 11 is 11.2. The molecule has 2 aromatic rings. The molecule has 0 aliphatic heterocycles. The van der Waals surface area contributed by atoms with Crippen LogP contribution in [0.4, 0.5) is 0 Å². The van der Waals surface area contributed by atoms with Gasteiger partial charge in [-0.1, -0.05) is 11.6 Å². The number of hydrogen-bond acceptors (Lipinski definition) is 3. The van der Waals surface area contributed by atoms with Gasteiger partial charge < -0.3 is 5.32 Å². The number of fused-ring (bicyclic) bond motifs is 1. The molecule has 3 rings (SSSR count). The Morgan fingerprint density at radius 2 is 2.16 bits per heavy atom. The molecule has 6 heteroatoms. The Bertz CT molecular complexity index is 694. The number of amides is 1. The number of pyridine rings is 1. The SMILES string of the molecule is Cc1nc2sc(C(=O)NC3CC3)c(Br)c2c(C)c1Cl. The molecule has 0 aromatic carbocycles. The van der Waals surface area contributed by atoms with Gasteiger partial charge in [-0.2, -0.15) is 0 Å². The first-order valence-electron chi connectivity index (χ1n) is 6.04. The summed E-state index contributed by atoms with van der Waals surface area (Å²) in [7, 11) is 0. The van der Waals surface area contributed by atoms with E-state index in [0.717, 1.165) is 38.8 Å². The van der Waals surface area contributed by atoms with Gasteiger partial charge in [0.25, 0.3) is 5.91 Å². The third-order valence-electron chi connectivity index (χ3n) is 3.24. The summed E-state index contributed by atoms with van der Waals surface area (Å²) in [5, 5.41) is 4.61. The van der Waals surface area contributed by atoms with Gasteiger partial charge in [0.1, 0.15) is 9.71 Å². The number of rotatable bonds is 2. The summed E-state index contributed by atoms with van der Waals surface area (Å²) in [5.41, 5.74) is 1.77. The van der Waals surface area contributed by atoms with Gasteiger partial charge in [0.15, 0.2) is 0 Å². The molecule has 1 saturated carbocycles. The number of carbonyl (C=O) groups excluding carboxylic acids is 1. The van der Waals surface area contributed by atoms with E-state index in [-0.39, 0.29) is 5.91 Å². The molecule has 2 heterocycles. The van der Waals surface area contributed by atoms with E-state index in [4.69, 9.17) is 11.6 Å². The van der Waals surface area contributed by atoms with Crippen molar-refractivity contribution in [1.82, 2.24) is 10.3 Å². The standard InChI is InChI=1S/C13H12BrClN2OS/c1-5-8-9(14)11(12(18)17-7-3-4-7)19-13(8)16-6(2)10(5)15/h7H,3-4H2,1-2H3,(H,17,18). The third kappa shape index (κ3) is 2.28. The number of nitrogens with zero attached hydrogens (tertiary/aromatic N) is 1. The monoisotopic (exact) mass is 358 g/mol. The number of thiophene rings is 1. The van der Waals surface area contributed by atoms with Crippen molar-refractivity contribution >= 4 is 55.0 Å². The van der Waals surface area contributed by atoms with Crippen LogP contribution >= 0.6 is 38.9 Å². The molecule has 3 nitrogen and oxygen atoms in total. The molecule has 0 saturated heterocycles. The fraction of sp³-hybridized carbons (Fsp3) is 0.385. The summed E-state index contributed by atoms with van der Waals surface area (Å²) in [5.74, 6) is -0.0226. The van der Waals surface area contributed by atoms with Crippen LogP contribution in [0.2, 0.25) is 5.02 Å². The van der Waals surface area contributed by atoms with Gasteiger partial charge >= 0.3 is 0 Å². The van der Waals surface area contributed by atoms with Gasteiger partial charge in [0.2, 0.25) is 0 Å². The first kappa shape index (κ1) is 13.3. The van der Waals surface area contributed by atoms with Crippen LogP contribution in [0.1, 0.15) is 33.8 Å². The molecule has 19 heavy (non-hydrogen) atoms. The Morgan fingerprint density at radius 1 is 1.47 bits per heavy atom. The van der Waals surface area contributed by atoms with Crippen LogP contribution < -0.4 is 5.32 Å². The average Bonchev–Trinajstić information content (AvgIpc) is 3.10. The molecule has 2 aromatic heterocycles. The number of nitrogens with one attached hydrogen (secondary N) is 1. The fourth-order valence-corrected chi connectivity index (χ4v) is 4.26. The maximum Gasteiger partial charge on any atom is 0.262 e. The molecular weight excluding hydrogens is 348 g/mol. The highest BCUT2D eigenvalue weighted by atomic mass is 79.9. The predicted octanol–water partition coefficient (Wildman–Crippen LogP) is 4.22. The van der Waals surface area contributed by atoms with Crippen molar-refractivity contribution in [2.24, 2.45) is 0 Å². The number of halogens is 2. The third-order valence-corrected chi connectivity index (χ3v) is 5.94. The fourth-order valence-electron chi connectivity index (χ4n) is 2.01. The second-order valence-corrected chi connectivity index (χ2v) is 6.98. The van der Waals surface area contributed by atoms with Gasteiger partial charge in [-0.15, -0.1) is 11.3 Å². The number of aryl methyl sites for hydroxylation is 2. The minimum Gasteiger partial charge on any atom is -0.349 e. The van der Waals surface area contributed by atoms with Crippen molar-refractivity contribution in [1.29, 1.82) is 0 Å². The lowest BCUT2D eigenvalue weighted by molar-refractivity contribution is 0.0954. The molecule has 100 valence electrons. The normalized spacial score (nSPS) is 14.9. The Hall–Kier alpha value is -0.650. The van der Waals surface area contributed by atoms with E-state index in [2.05, 4.69) is 26.2 Å². The van der Waals surface area contributed by atoms with Crippen molar-refractivity contribution in [3.05, 3.63) is 25.6 Å². The largest absolute Gasteiger partial charge is 0.349 e. The van der Waals surface area contributed by atoms with Crippen LogP contribution in [0.5, 0.6) is 0 Å². The lowest BCUT2D eigenvalue weighted by Crippen LogP contribution is -2.24. The van der Waals surface area contributed by atoms with Crippen LogP contribution in [0.15, 0.2) is 4.47 Å². The molecule has 0 atom stereocenters. The molecule has 1 amide bonds. The number of aromatic nitrogens is 1. The zero-order valence-corrected chi connectivity index (χ0v) is 13.7. The molecule has 1 aliphatic carbocycles. The molecule has 0 radical (unpaired) electrons. The van der Waals surface area contributed by atoms with Crippen LogP contribution in [-0.2, 0) is 0 Å². The van der Waals surface area contributed by atoms with Crippen LogP contribution in [0, 0.1) is 13.8 Å². The van der Waals surface area contributed by atoms with E-state index < -0.39 is 0 Å². The van der Waals surface area contributed by atoms with Gasteiger partial charge in [0, 0.05) is 11.4 Å². The number of hydrogen-bond donors (Lipinski definition) is 1. The van der Waals surface area contributed by atoms with E-state index in [1.807, 2.05) is 13.8 Å². The number of carbonyl (C=O) groups is 1. The molecule has 1 N–H and O–H groups in total. The Morgan fingerprint density at radius 3 is 2.79 bits per heavy atom. The van der Waals surface area contributed by atoms with E-state index in [0.29, 0.717) is 15.9 Å². The Kier molecular flexibility index (Phi) is 3.31. The maximum atomic E-state index is 12.2. The summed E-state index contributed by atoms with van der Waals surface area (Å²) in [6.45, 7) is 3.84. The van der Waals surface area contributed by atoms with Crippen LogP contribution in [0.25, 0.3) is 10.2 Å². The zero-order valence-electron chi connectivity index (χ0n) is 10.5. The van der Waals surface area contributed by atoms with E-state index in [9.17, 15) is 4.79 Å². The maximum absolute atomic E-state index is 12.2. The highest BCUT2D eigenvalue weighted by Crippen LogP contribution is 2.39. The first-order valence-corrected chi connectivity index (χ1v) is 8.03. The quantitative estimate of drug-likeness (QED) is 0.872. The van der Waals surface area contributed by atoms with Gasteiger partial charge in [-0.05, 0) is 48.2 Å². The van der Waals surface area contributed by atoms with Crippen LogP contribution in [0.3, 0.4) is 0 Å². The Labute approximate surface area is 128 Å². The highest BCUT2D eigenvalue weighted by Gasteiger charge is 2.27. The molecule has 1 fully saturated rings. The van der Waals surface area contributed by atoms with Gasteiger partial charge in [-0.25, -0.2) is 4.98 Å². The second kappa shape index (κ2) is 4.72. The summed E-state index contributed by atoms with van der Waals surface area (Å²) in [6.07, 6.45) is 2.16. The van der Waals surface area contributed by atoms with Crippen molar-refractivity contribution in [2.45, 2.75) is 32.7 Å². The van der Waals surface area contributed by atoms with E-state index in [1.165, 1.54) is 11.3 Å². The van der Waals surface area contributed by atoms with Crippen molar-refractivity contribution in [3.8, 4) is 0 Å². The molecular formula is C13H12BrClN2OS. The summed E-state index contributed by atoms with van der Waals surface area (Å²) < 4.78 is 0.803. The lowest BCUT2D eigenvalue weighted by atomic mass is 10.2. The minimum absolute atomic E-state index is 0.0226. The van der Waals surface area contributed by atoms with Crippen molar-refractivity contribution in [3.63, 3.8) is 0 Å². The summed E-state index contributed by atoms with van der Waals surface area (Å²) in [6, 6.07) is 0.351. The molecule has 0 unspecified atom stereocenters. The smallest absolute Gasteiger partial charge is 0.262 e. The first-order chi connectivity index (χ1) is 8.99. The Balaban J connectivity index is 2.14. The van der Waals surface area contributed by atoms with E-state index in [1.54, 1.807) is 0 Å². The lowest BCUT2D eigenvalue weighted by Gasteiger charge is -2.03. The van der Waals surface area contributed by atoms with Crippen molar-refractivity contribution < 1.29 is 4.79 Å². The summed E-state index contributed by atoms with van der Waals surface area (Å²) in [4.78, 5) is 18.2. The highest BCUT2D eigenvalue weighted by molar-refractivity contribution is 9.10. The van der Waals surface area contributed by atoms with Crippen molar-refractivity contribution in [2.75, 3.05) is 0 Å². The zero-order chi connectivity index (χ0) is 13.7.